The molecule has 6 nitrogen and oxygen atoms in total. The molecule has 0 bridgehead atoms. The molecule has 0 N–H and O–H groups in total. The first-order valence-electron chi connectivity index (χ1n) is 9.72. The molecule has 3 aromatic carbocycles. The molecule has 0 aliphatic carbocycles. The first kappa shape index (κ1) is 20.3. The highest BCUT2D eigenvalue weighted by atomic mass is 32.2. The Kier molecular flexibility index (Phi) is 4.42. The summed E-state index contributed by atoms with van der Waals surface area (Å²) in [5.41, 5.74) is 0.814. The Balaban J connectivity index is 1.74. The largest absolute Gasteiger partial charge is 0.304 e. The van der Waals surface area contributed by atoms with Crippen molar-refractivity contribution < 1.29 is 26.8 Å². The number of carbonyl (C=O) groups is 2. The minimum atomic E-state index is -4.35. The molecule has 5 rings (SSSR count). The van der Waals surface area contributed by atoms with Crippen molar-refractivity contribution in [2.24, 2.45) is 0 Å². The summed E-state index contributed by atoms with van der Waals surface area (Å²) in [5, 5.41) is 0. The van der Waals surface area contributed by atoms with Crippen molar-refractivity contribution >= 4 is 33.0 Å². The highest BCUT2D eigenvalue weighted by Gasteiger charge is 2.69. The molecule has 3 aromatic rings. The Hall–Kier alpha value is -3.59. The average molecular weight is 454 g/mol. The summed E-state index contributed by atoms with van der Waals surface area (Å²) in [5.74, 6) is -3.76. The van der Waals surface area contributed by atoms with E-state index in [0.29, 0.717) is 11.3 Å². The van der Waals surface area contributed by atoms with Crippen molar-refractivity contribution in [2.45, 2.75) is 11.4 Å². The van der Waals surface area contributed by atoms with E-state index >= 15 is 0 Å². The predicted molar refractivity (Wildman–Crippen MR) is 113 cm³/mol. The van der Waals surface area contributed by atoms with Crippen LogP contribution < -0.4 is 9.80 Å². The van der Waals surface area contributed by atoms with Crippen LogP contribution in [-0.2, 0) is 30.8 Å². The number of benzene rings is 3. The van der Waals surface area contributed by atoms with Gasteiger partial charge in [-0.25, -0.2) is 17.2 Å². The van der Waals surface area contributed by atoms with Crippen LogP contribution >= 0.6 is 0 Å². The molecule has 2 heterocycles. The Labute approximate surface area is 182 Å². The lowest BCUT2D eigenvalue weighted by atomic mass is 10.0. The van der Waals surface area contributed by atoms with Crippen LogP contribution in [0.4, 0.5) is 20.2 Å². The van der Waals surface area contributed by atoms with Gasteiger partial charge < -0.3 is 4.90 Å². The zero-order valence-corrected chi connectivity index (χ0v) is 17.4. The van der Waals surface area contributed by atoms with Gasteiger partial charge in [0.1, 0.15) is 17.4 Å². The van der Waals surface area contributed by atoms with Gasteiger partial charge in [0.05, 0.1) is 12.2 Å². The van der Waals surface area contributed by atoms with Crippen molar-refractivity contribution in [1.82, 2.24) is 0 Å². The number of rotatable bonds is 3. The molecule has 32 heavy (non-hydrogen) atoms. The van der Waals surface area contributed by atoms with Gasteiger partial charge in [-0.15, -0.1) is 0 Å². The van der Waals surface area contributed by atoms with Crippen molar-refractivity contribution in [2.75, 3.05) is 15.6 Å². The van der Waals surface area contributed by atoms with E-state index < -0.39 is 43.9 Å². The number of para-hydroxylation sites is 1. The van der Waals surface area contributed by atoms with Gasteiger partial charge in [0.2, 0.25) is 5.91 Å². The fourth-order valence-electron chi connectivity index (χ4n) is 4.48. The number of amides is 2. The quantitative estimate of drug-likeness (QED) is 0.610. The third-order valence-corrected chi connectivity index (χ3v) is 7.82. The zero-order valence-electron chi connectivity index (χ0n) is 16.5. The van der Waals surface area contributed by atoms with Crippen LogP contribution in [0.2, 0.25) is 0 Å². The van der Waals surface area contributed by atoms with Crippen LogP contribution in [0.15, 0.2) is 72.8 Å². The van der Waals surface area contributed by atoms with Crippen LogP contribution in [0, 0.1) is 11.6 Å². The molecule has 0 radical (unpaired) electrons. The van der Waals surface area contributed by atoms with Crippen molar-refractivity contribution in [1.29, 1.82) is 0 Å². The fourth-order valence-corrected chi connectivity index (χ4v) is 6.51. The van der Waals surface area contributed by atoms with Crippen molar-refractivity contribution in [3.8, 4) is 0 Å². The summed E-state index contributed by atoms with van der Waals surface area (Å²) >= 11 is 0. The SMILES string of the molecule is O=C1CS(=O)(=O)C2(C(=O)N(Cc3cccc(F)c3)c3ccccc32)N1c1cccc(F)c1. The van der Waals surface area contributed by atoms with Gasteiger partial charge in [0.15, 0.2) is 9.84 Å². The topological polar surface area (TPSA) is 74.8 Å². The molecule has 2 aliphatic heterocycles. The molecule has 2 aliphatic rings. The van der Waals surface area contributed by atoms with Gasteiger partial charge >= 0.3 is 0 Å². The van der Waals surface area contributed by atoms with Gasteiger partial charge in [-0.05, 0) is 42.0 Å². The number of sulfone groups is 1. The fraction of sp³-hybridized carbons (Fsp3) is 0.130. The molecule has 1 atom stereocenters. The van der Waals surface area contributed by atoms with Crippen LogP contribution in [0.1, 0.15) is 11.1 Å². The third kappa shape index (κ3) is 2.70. The van der Waals surface area contributed by atoms with E-state index in [1.54, 1.807) is 24.3 Å². The molecule has 1 unspecified atom stereocenters. The van der Waals surface area contributed by atoms with Crippen molar-refractivity contribution in [3.63, 3.8) is 0 Å². The summed E-state index contributed by atoms with van der Waals surface area (Å²) in [6.07, 6.45) is 0. The lowest BCUT2D eigenvalue weighted by molar-refractivity contribution is -0.123. The van der Waals surface area contributed by atoms with E-state index in [-0.39, 0.29) is 17.8 Å². The highest BCUT2D eigenvalue weighted by molar-refractivity contribution is 7.94. The average Bonchev–Trinajstić information content (AvgIpc) is 3.11. The molecule has 9 heteroatoms. The first-order chi connectivity index (χ1) is 15.3. The second kappa shape index (κ2) is 6.96. The maximum atomic E-state index is 14.0. The van der Waals surface area contributed by atoms with Gasteiger partial charge in [-0.1, -0.05) is 36.4 Å². The normalized spacial score (nSPS) is 21.4. The zero-order chi connectivity index (χ0) is 22.7. The highest BCUT2D eigenvalue weighted by Crippen LogP contribution is 2.52. The Morgan fingerprint density at radius 2 is 1.56 bits per heavy atom. The third-order valence-electron chi connectivity index (χ3n) is 5.72. The smallest absolute Gasteiger partial charge is 0.274 e. The lowest BCUT2D eigenvalue weighted by Gasteiger charge is -2.32. The Bertz CT molecular complexity index is 1390. The monoisotopic (exact) mass is 454 g/mol. The second-order valence-corrected chi connectivity index (χ2v) is 9.76. The van der Waals surface area contributed by atoms with E-state index in [1.165, 1.54) is 41.3 Å². The molecule has 2 amide bonds. The second-order valence-electron chi connectivity index (χ2n) is 7.65. The van der Waals surface area contributed by atoms with Crippen LogP contribution in [-0.4, -0.2) is 26.0 Å². The van der Waals surface area contributed by atoms with Crippen LogP contribution in [0.3, 0.4) is 0 Å². The van der Waals surface area contributed by atoms with Gasteiger partial charge in [0.25, 0.3) is 10.8 Å². The standard InChI is InChI=1S/C23H16F2N2O4S/c24-16-6-3-5-15(11-16)13-26-20-10-2-1-9-19(20)23(22(26)29)27(21(28)14-32(23,30)31)18-8-4-7-17(25)12-18/h1-12H,13-14H2. The van der Waals surface area contributed by atoms with Crippen molar-refractivity contribution in [3.05, 3.63) is 95.6 Å². The molecule has 1 spiro atoms. The minimum Gasteiger partial charge on any atom is -0.304 e. The maximum absolute atomic E-state index is 14.0. The summed E-state index contributed by atoms with van der Waals surface area (Å²) in [6.45, 7) is -0.101. The number of anilines is 2. The number of nitrogens with zero attached hydrogens (tertiary/aromatic N) is 2. The van der Waals surface area contributed by atoms with Gasteiger partial charge in [0, 0.05) is 11.3 Å². The Morgan fingerprint density at radius 1 is 0.875 bits per heavy atom. The van der Waals surface area contributed by atoms with E-state index in [4.69, 9.17) is 0 Å². The summed E-state index contributed by atoms with van der Waals surface area (Å²) in [7, 11) is -4.35. The number of halogens is 2. The molecular formula is C23H16F2N2O4S. The summed E-state index contributed by atoms with van der Waals surface area (Å²) in [4.78, 5) is 26.5. The van der Waals surface area contributed by atoms with E-state index in [2.05, 4.69) is 0 Å². The van der Waals surface area contributed by atoms with E-state index in [0.717, 1.165) is 17.0 Å². The maximum Gasteiger partial charge on any atom is 0.274 e. The predicted octanol–water partition coefficient (Wildman–Crippen LogP) is 3.13. The molecule has 1 saturated heterocycles. The summed E-state index contributed by atoms with van der Waals surface area (Å²) < 4.78 is 54.6. The first-order valence-corrected chi connectivity index (χ1v) is 11.4. The summed E-state index contributed by atoms with van der Waals surface area (Å²) in [6, 6.07) is 16.8. The number of hydrogen-bond donors (Lipinski definition) is 0. The lowest BCUT2D eigenvalue weighted by Crippen LogP contribution is -2.54. The van der Waals surface area contributed by atoms with Gasteiger partial charge in [-0.3, -0.25) is 14.5 Å². The molecule has 0 aromatic heterocycles. The van der Waals surface area contributed by atoms with E-state index in [1.807, 2.05) is 0 Å². The van der Waals surface area contributed by atoms with Crippen LogP contribution in [0.25, 0.3) is 0 Å². The number of carbonyl (C=O) groups excluding carboxylic acids is 2. The van der Waals surface area contributed by atoms with E-state index in [9.17, 15) is 26.8 Å². The van der Waals surface area contributed by atoms with Gasteiger partial charge in [-0.2, -0.15) is 0 Å². The molecule has 162 valence electrons. The number of hydrogen-bond acceptors (Lipinski definition) is 4. The molecule has 0 saturated carbocycles. The molecular weight excluding hydrogens is 438 g/mol. The molecule has 1 fully saturated rings. The minimum absolute atomic E-state index is 0.0353. The Morgan fingerprint density at radius 3 is 2.28 bits per heavy atom. The number of fused-ring (bicyclic) bond motifs is 2. The van der Waals surface area contributed by atoms with Crippen LogP contribution in [0.5, 0.6) is 0 Å².